The highest BCUT2D eigenvalue weighted by Crippen LogP contribution is 2.05. The SMILES string of the molecule is Cc1ccc(C)cc1.Cc1ccc(N)cc1.Nc1ccc(N)cc1. The lowest BCUT2D eigenvalue weighted by molar-refractivity contribution is 1.40. The topological polar surface area (TPSA) is 78.1 Å². The summed E-state index contributed by atoms with van der Waals surface area (Å²) in [5, 5.41) is 0. The summed E-state index contributed by atoms with van der Waals surface area (Å²) in [6.07, 6.45) is 0. The molecule has 0 atom stereocenters. The maximum absolute atomic E-state index is 5.43. The van der Waals surface area contributed by atoms with Crippen molar-refractivity contribution in [3.05, 3.63) is 89.5 Å². The quantitative estimate of drug-likeness (QED) is 0.524. The molecule has 0 radical (unpaired) electrons. The number of rotatable bonds is 0. The molecule has 6 N–H and O–H groups in total. The van der Waals surface area contributed by atoms with E-state index in [2.05, 4.69) is 38.1 Å². The van der Waals surface area contributed by atoms with Crippen LogP contribution in [0.15, 0.2) is 72.8 Å². The number of hydrogen-bond acceptors (Lipinski definition) is 3. The number of nitrogen functional groups attached to an aromatic ring is 3. The van der Waals surface area contributed by atoms with E-state index in [1.807, 2.05) is 31.2 Å². The van der Waals surface area contributed by atoms with Gasteiger partial charge in [0.25, 0.3) is 0 Å². The summed E-state index contributed by atoms with van der Waals surface area (Å²) >= 11 is 0. The van der Waals surface area contributed by atoms with Crippen molar-refractivity contribution in [3.63, 3.8) is 0 Å². The summed E-state index contributed by atoms with van der Waals surface area (Å²) in [6.45, 7) is 6.23. The van der Waals surface area contributed by atoms with Crippen LogP contribution in [0.4, 0.5) is 17.1 Å². The Balaban J connectivity index is 0.000000180. The van der Waals surface area contributed by atoms with E-state index in [0.29, 0.717) is 0 Å². The lowest BCUT2D eigenvalue weighted by Gasteiger charge is -1.90. The molecule has 0 bridgehead atoms. The van der Waals surface area contributed by atoms with Crippen LogP contribution in [0.1, 0.15) is 16.7 Å². The van der Waals surface area contributed by atoms with Crippen LogP contribution in [-0.4, -0.2) is 0 Å². The molecular weight excluding hydrogens is 294 g/mol. The summed E-state index contributed by atoms with van der Waals surface area (Å²) in [5.41, 5.74) is 22.4. The predicted octanol–water partition coefficient (Wildman–Crippen LogP) is 4.73. The van der Waals surface area contributed by atoms with Crippen molar-refractivity contribution in [2.75, 3.05) is 17.2 Å². The molecule has 0 aliphatic heterocycles. The van der Waals surface area contributed by atoms with Gasteiger partial charge in [0.2, 0.25) is 0 Å². The zero-order chi connectivity index (χ0) is 17.9. The molecule has 0 amide bonds. The van der Waals surface area contributed by atoms with Crippen molar-refractivity contribution in [3.8, 4) is 0 Å². The van der Waals surface area contributed by atoms with Crippen molar-refractivity contribution in [2.45, 2.75) is 20.8 Å². The van der Waals surface area contributed by atoms with Gasteiger partial charge in [0.1, 0.15) is 0 Å². The first kappa shape index (κ1) is 19.1. The molecule has 0 unspecified atom stereocenters. The van der Waals surface area contributed by atoms with Crippen LogP contribution in [0.3, 0.4) is 0 Å². The monoisotopic (exact) mass is 321 g/mol. The van der Waals surface area contributed by atoms with Gasteiger partial charge in [-0.3, -0.25) is 0 Å². The van der Waals surface area contributed by atoms with E-state index < -0.39 is 0 Å². The van der Waals surface area contributed by atoms with Crippen LogP contribution in [0.2, 0.25) is 0 Å². The average Bonchev–Trinajstić information content (AvgIpc) is 2.57. The predicted molar refractivity (Wildman–Crippen MR) is 107 cm³/mol. The smallest absolute Gasteiger partial charge is 0.0315 e. The number of anilines is 3. The third-order valence-corrected chi connectivity index (χ3v) is 3.23. The molecule has 0 aliphatic rings. The van der Waals surface area contributed by atoms with Crippen molar-refractivity contribution >= 4 is 17.1 Å². The zero-order valence-corrected chi connectivity index (χ0v) is 14.7. The molecular formula is C21H27N3. The van der Waals surface area contributed by atoms with Crippen molar-refractivity contribution in [1.29, 1.82) is 0 Å². The average molecular weight is 321 g/mol. The van der Waals surface area contributed by atoms with E-state index in [9.17, 15) is 0 Å². The fourth-order valence-corrected chi connectivity index (χ4v) is 1.70. The maximum atomic E-state index is 5.43. The van der Waals surface area contributed by atoms with Gasteiger partial charge in [-0.15, -0.1) is 0 Å². The van der Waals surface area contributed by atoms with E-state index in [0.717, 1.165) is 17.1 Å². The van der Waals surface area contributed by atoms with E-state index in [-0.39, 0.29) is 0 Å². The molecule has 0 saturated heterocycles. The molecule has 126 valence electrons. The van der Waals surface area contributed by atoms with Gasteiger partial charge < -0.3 is 17.2 Å². The molecule has 0 aliphatic carbocycles. The minimum atomic E-state index is 0.749. The fraction of sp³-hybridized carbons (Fsp3) is 0.143. The van der Waals surface area contributed by atoms with Gasteiger partial charge in [-0.1, -0.05) is 53.1 Å². The number of benzene rings is 3. The molecule has 0 fully saturated rings. The van der Waals surface area contributed by atoms with Crippen LogP contribution < -0.4 is 17.2 Å². The number of hydrogen-bond donors (Lipinski definition) is 3. The Labute approximate surface area is 145 Å². The normalized spacial score (nSPS) is 9.12. The molecule has 0 saturated carbocycles. The Kier molecular flexibility index (Phi) is 7.92. The first-order valence-electron chi connectivity index (χ1n) is 7.83. The first-order chi connectivity index (χ1) is 11.4. The Hall–Kier alpha value is -2.94. The second-order valence-corrected chi connectivity index (χ2v) is 5.73. The van der Waals surface area contributed by atoms with Gasteiger partial charge in [0, 0.05) is 17.1 Å². The van der Waals surface area contributed by atoms with Crippen LogP contribution in [0, 0.1) is 20.8 Å². The lowest BCUT2D eigenvalue weighted by atomic mass is 10.2. The summed E-state index contributed by atoms with van der Waals surface area (Å²) in [7, 11) is 0. The molecule has 0 spiro atoms. The summed E-state index contributed by atoms with van der Waals surface area (Å²) in [5.74, 6) is 0. The minimum Gasteiger partial charge on any atom is -0.399 e. The molecule has 0 heterocycles. The van der Waals surface area contributed by atoms with E-state index in [1.165, 1.54) is 16.7 Å². The van der Waals surface area contributed by atoms with Crippen LogP contribution in [0.5, 0.6) is 0 Å². The maximum Gasteiger partial charge on any atom is 0.0315 e. The van der Waals surface area contributed by atoms with Crippen LogP contribution in [-0.2, 0) is 0 Å². The van der Waals surface area contributed by atoms with Gasteiger partial charge >= 0.3 is 0 Å². The van der Waals surface area contributed by atoms with Crippen LogP contribution in [0.25, 0.3) is 0 Å². The Bertz CT molecular complexity index is 533. The highest BCUT2D eigenvalue weighted by atomic mass is 14.6. The summed E-state index contributed by atoms with van der Waals surface area (Å²) in [6, 6.07) is 23.4. The second-order valence-electron chi connectivity index (χ2n) is 5.73. The van der Waals surface area contributed by atoms with E-state index in [1.54, 1.807) is 24.3 Å². The highest BCUT2D eigenvalue weighted by Gasteiger charge is 1.81. The Morgan fingerprint density at radius 2 is 0.542 bits per heavy atom. The highest BCUT2D eigenvalue weighted by molar-refractivity contribution is 5.47. The standard InChI is InChI=1S/C8H10.C7H9N.C6H8N2/c1-7-3-5-8(2)6-4-7;1-6-2-4-7(8)5-3-6;7-5-1-2-6(8)4-3-5/h3-6H,1-2H3;2-5H,8H2,1H3;1-4H,7-8H2. The van der Waals surface area contributed by atoms with Gasteiger partial charge in [0.05, 0.1) is 0 Å². The van der Waals surface area contributed by atoms with Crippen molar-refractivity contribution in [1.82, 2.24) is 0 Å². The van der Waals surface area contributed by atoms with Crippen molar-refractivity contribution < 1.29 is 0 Å². The Morgan fingerprint density at radius 3 is 0.750 bits per heavy atom. The van der Waals surface area contributed by atoms with Gasteiger partial charge in [-0.05, 0) is 57.2 Å². The molecule has 3 nitrogen and oxygen atoms in total. The minimum absolute atomic E-state index is 0.749. The molecule has 3 heteroatoms. The van der Waals surface area contributed by atoms with E-state index >= 15 is 0 Å². The molecule has 3 rings (SSSR count). The van der Waals surface area contributed by atoms with Crippen LogP contribution >= 0.6 is 0 Å². The number of nitrogens with two attached hydrogens (primary N) is 3. The summed E-state index contributed by atoms with van der Waals surface area (Å²) < 4.78 is 0. The lowest BCUT2D eigenvalue weighted by Crippen LogP contribution is -1.86. The fourth-order valence-electron chi connectivity index (χ4n) is 1.70. The van der Waals surface area contributed by atoms with E-state index in [4.69, 9.17) is 17.2 Å². The number of aryl methyl sites for hydroxylation is 3. The molecule has 3 aromatic rings. The van der Waals surface area contributed by atoms with Crippen molar-refractivity contribution in [2.24, 2.45) is 0 Å². The molecule has 24 heavy (non-hydrogen) atoms. The third kappa shape index (κ3) is 8.49. The third-order valence-electron chi connectivity index (χ3n) is 3.23. The first-order valence-corrected chi connectivity index (χ1v) is 7.83. The summed E-state index contributed by atoms with van der Waals surface area (Å²) in [4.78, 5) is 0. The Morgan fingerprint density at radius 1 is 0.375 bits per heavy atom. The second kappa shape index (κ2) is 9.95. The zero-order valence-electron chi connectivity index (χ0n) is 14.7. The van der Waals surface area contributed by atoms with Gasteiger partial charge in [-0.25, -0.2) is 0 Å². The van der Waals surface area contributed by atoms with Gasteiger partial charge in [0.15, 0.2) is 0 Å². The largest absolute Gasteiger partial charge is 0.399 e. The molecule has 0 aromatic heterocycles. The molecule has 3 aromatic carbocycles. The van der Waals surface area contributed by atoms with Gasteiger partial charge in [-0.2, -0.15) is 0 Å².